The van der Waals surface area contributed by atoms with E-state index in [1.165, 1.54) is 17.4 Å². The molecule has 2 aromatic rings. The summed E-state index contributed by atoms with van der Waals surface area (Å²) in [5, 5.41) is 2.45. The van der Waals surface area contributed by atoms with Crippen LogP contribution in [-0.2, 0) is 0 Å². The first-order valence-electron chi connectivity index (χ1n) is 3.94. The van der Waals surface area contributed by atoms with E-state index in [1.807, 2.05) is 0 Å². The van der Waals surface area contributed by atoms with Gasteiger partial charge in [0.05, 0.1) is 16.1 Å². The molecular weight excluding hydrogens is 206 g/mol. The van der Waals surface area contributed by atoms with Crippen molar-refractivity contribution in [3.05, 3.63) is 23.1 Å². The maximum atomic E-state index is 12.5. The summed E-state index contributed by atoms with van der Waals surface area (Å²) < 4.78 is 25.6. The molecular formula is C9H8F2N2S. The molecule has 74 valence electrons. The van der Waals surface area contributed by atoms with Gasteiger partial charge in [0.25, 0.3) is 6.43 Å². The van der Waals surface area contributed by atoms with Gasteiger partial charge in [0.15, 0.2) is 0 Å². The summed E-state index contributed by atoms with van der Waals surface area (Å²) in [6.45, 7) is 0. The SMILES string of the molecule is Nc1csc2c(N)c(C(F)F)ccc12. The molecule has 0 aliphatic rings. The van der Waals surface area contributed by atoms with E-state index in [4.69, 9.17) is 11.5 Å². The number of halogens is 2. The van der Waals surface area contributed by atoms with Crippen LogP contribution in [-0.4, -0.2) is 0 Å². The third kappa shape index (κ3) is 1.21. The van der Waals surface area contributed by atoms with Gasteiger partial charge in [0, 0.05) is 16.3 Å². The molecule has 0 amide bonds. The molecule has 5 heteroatoms. The number of nitrogen functional groups attached to an aromatic ring is 2. The summed E-state index contributed by atoms with van der Waals surface area (Å²) in [6.07, 6.45) is -2.54. The number of benzene rings is 1. The number of hydrogen-bond acceptors (Lipinski definition) is 3. The first-order chi connectivity index (χ1) is 6.61. The fraction of sp³-hybridized carbons (Fsp3) is 0.111. The summed E-state index contributed by atoms with van der Waals surface area (Å²) in [4.78, 5) is 0. The Balaban J connectivity index is 2.76. The normalized spacial score (nSPS) is 11.4. The van der Waals surface area contributed by atoms with Crippen LogP contribution in [0.1, 0.15) is 12.0 Å². The van der Waals surface area contributed by atoms with E-state index in [0.717, 1.165) is 5.39 Å². The second kappa shape index (κ2) is 3.09. The molecule has 0 radical (unpaired) electrons. The molecule has 0 aliphatic carbocycles. The number of anilines is 2. The predicted octanol–water partition coefficient (Wildman–Crippen LogP) is 3.00. The van der Waals surface area contributed by atoms with Gasteiger partial charge in [-0.25, -0.2) is 8.78 Å². The average Bonchev–Trinajstić information content (AvgIpc) is 2.49. The molecule has 4 N–H and O–H groups in total. The van der Waals surface area contributed by atoms with Crippen molar-refractivity contribution in [2.75, 3.05) is 11.5 Å². The largest absolute Gasteiger partial charge is 0.398 e. The van der Waals surface area contributed by atoms with Gasteiger partial charge in [-0.2, -0.15) is 0 Å². The zero-order valence-corrected chi connectivity index (χ0v) is 7.94. The number of thiophene rings is 1. The Kier molecular flexibility index (Phi) is 2.03. The molecule has 2 rings (SSSR count). The standard InChI is InChI=1S/C9H8F2N2S/c10-9(11)5-2-1-4-6(12)3-14-8(4)7(5)13/h1-3,9H,12-13H2. The van der Waals surface area contributed by atoms with Crippen LogP contribution in [0.15, 0.2) is 17.5 Å². The smallest absolute Gasteiger partial charge is 0.265 e. The zero-order chi connectivity index (χ0) is 10.3. The van der Waals surface area contributed by atoms with E-state index in [9.17, 15) is 8.78 Å². The number of alkyl halides is 2. The van der Waals surface area contributed by atoms with Gasteiger partial charge in [-0.3, -0.25) is 0 Å². The van der Waals surface area contributed by atoms with E-state index in [0.29, 0.717) is 10.4 Å². The predicted molar refractivity (Wildman–Crippen MR) is 55.6 cm³/mol. The fourth-order valence-corrected chi connectivity index (χ4v) is 2.27. The van der Waals surface area contributed by atoms with E-state index < -0.39 is 6.43 Å². The zero-order valence-electron chi connectivity index (χ0n) is 7.13. The maximum absolute atomic E-state index is 12.5. The van der Waals surface area contributed by atoms with Crippen molar-refractivity contribution in [3.8, 4) is 0 Å². The van der Waals surface area contributed by atoms with Crippen molar-refractivity contribution in [2.45, 2.75) is 6.43 Å². The lowest BCUT2D eigenvalue weighted by atomic mass is 10.1. The Morgan fingerprint density at radius 3 is 2.57 bits per heavy atom. The summed E-state index contributed by atoms with van der Waals surface area (Å²) in [7, 11) is 0. The topological polar surface area (TPSA) is 52.0 Å². The lowest BCUT2D eigenvalue weighted by molar-refractivity contribution is 0.152. The van der Waals surface area contributed by atoms with Crippen LogP contribution in [0.25, 0.3) is 10.1 Å². The Morgan fingerprint density at radius 1 is 1.21 bits per heavy atom. The molecule has 0 saturated carbocycles. The highest BCUT2D eigenvalue weighted by atomic mass is 32.1. The Bertz CT molecular complexity index is 479. The summed E-state index contributed by atoms with van der Waals surface area (Å²) in [5.74, 6) is 0. The van der Waals surface area contributed by atoms with Gasteiger partial charge in [-0.05, 0) is 0 Å². The first-order valence-corrected chi connectivity index (χ1v) is 4.82. The summed E-state index contributed by atoms with van der Waals surface area (Å²) in [6, 6.07) is 2.91. The fourth-order valence-electron chi connectivity index (χ4n) is 1.35. The third-order valence-electron chi connectivity index (χ3n) is 2.08. The van der Waals surface area contributed by atoms with E-state index >= 15 is 0 Å². The quantitative estimate of drug-likeness (QED) is 0.717. The molecule has 1 heterocycles. The second-order valence-corrected chi connectivity index (χ2v) is 3.82. The van der Waals surface area contributed by atoms with Crippen LogP contribution in [0.2, 0.25) is 0 Å². The van der Waals surface area contributed by atoms with Crippen LogP contribution >= 0.6 is 11.3 Å². The average molecular weight is 214 g/mol. The first kappa shape index (κ1) is 9.21. The summed E-state index contributed by atoms with van der Waals surface area (Å²) in [5.41, 5.74) is 11.8. The Labute approximate surface area is 83.1 Å². The van der Waals surface area contributed by atoms with Crippen molar-refractivity contribution in [3.63, 3.8) is 0 Å². The Hall–Kier alpha value is -1.36. The van der Waals surface area contributed by atoms with Crippen molar-refractivity contribution >= 4 is 32.8 Å². The molecule has 0 spiro atoms. The van der Waals surface area contributed by atoms with Gasteiger partial charge in [-0.1, -0.05) is 12.1 Å². The van der Waals surface area contributed by atoms with Gasteiger partial charge in [-0.15, -0.1) is 11.3 Å². The highest BCUT2D eigenvalue weighted by Gasteiger charge is 2.14. The van der Waals surface area contributed by atoms with E-state index in [1.54, 1.807) is 11.4 Å². The number of hydrogen-bond donors (Lipinski definition) is 2. The highest BCUT2D eigenvalue weighted by molar-refractivity contribution is 7.18. The summed E-state index contributed by atoms with van der Waals surface area (Å²) >= 11 is 1.29. The van der Waals surface area contributed by atoms with E-state index in [-0.39, 0.29) is 11.3 Å². The monoisotopic (exact) mass is 214 g/mol. The van der Waals surface area contributed by atoms with Crippen LogP contribution in [0, 0.1) is 0 Å². The van der Waals surface area contributed by atoms with Gasteiger partial charge < -0.3 is 11.5 Å². The van der Waals surface area contributed by atoms with Crippen LogP contribution in [0.5, 0.6) is 0 Å². The van der Waals surface area contributed by atoms with Crippen molar-refractivity contribution in [1.29, 1.82) is 0 Å². The van der Waals surface area contributed by atoms with Crippen molar-refractivity contribution in [2.24, 2.45) is 0 Å². The molecule has 0 fully saturated rings. The van der Waals surface area contributed by atoms with Gasteiger partial charge >= 0.3 is 0 Å². The highest BCUT2D eigenvalue weighted by Crippen LogP contribution is 2.37. The molecule has 2 nitrogen and oxygen atoms in total. The molecule has 0 saturated heterocycles. The van der Waals surface area contributed by atoms with Crippen molar-refractivity contribution < 1.29 is 8.78 Å². The molecule has 1 aromatic heterocycles. The van der Waals surface area contributed by atoms with Crippen LogP contribution in [0.4, 0.5) is 20.2 Å². The van der Waals surface area contributed by atoms with Gasteiger partial charge in [0.1, 0.15) is 0 Å². The maximum Gasteiger partial charge on any atom is 0.265 e. The molecule has 1 aromatic carbocycles. The van der Waals surface area contributed by atoms with Crippen LogP contribution in [0.3, 0.4) is 0 Å². The molecule has 0 bridgehead atoms. The van der Waals surface area contributed by atoms with Crippen molar-refractivity contribution in [1.82, 2.24) is 0 Å². The van der Waals surface area contributed by atoms with Crippen LogP contribution < -0.4 is 11.5 Å². The minimum absolute atomic E-state index is 0.126. The molecule has 0 aliphatic heterocycles. The van der Waals surface area contributed by atoms with Gasteiger partial charge in [0.2, 0.25) is 0 Å². The molecule has 0 atom stereocenters. The van der Waals surface area contributed by atoms with E-state index in [2.05, 4.69) is 0 Å². The minimum atomic E-state index is -2.54. The second-order valence-electron chi connectivity index (χ2n) is 2.94. The number of nitrogens with two attached hydrogens (primary N) is 2. The molecule has 0 unspecified atom stereocenters. The molecule has 14 heavy (non-hydrogen) atoms. The number of fused-ring (bicyclic) bond motifs is 1. The lowest BCUT2D eigenvalue weighted by Crippen LogP contribution is -1.94. The third-order valence-corrected chi connectivity index (χ3v) is 3.13. The lowest BCUT2D eigenvalue weighted by Gasteiger charge is -2.04. The minimum Gasteiger partial charge on any atom is -0.398 e. The Morgan fingerprint density at radius 2 is 1.93 bits per heavy atom. The number of rotatable bonds is 1.